The second-order valence-electron chi connectivity index (χ2n) is 4.76. The number of benzene rings is 1. The predicted molar refractivity (Wildman–Crippen MR) is 81.4 cm³/mol. The number of anilines is 1. The molecule has 0 unspecified atom stereocenters. The van der Waals surface area contributed by atoms with Crippen LogP contribution in [0.15, 0.2) is 28.5 Å². The van der Waals surface area contributed by atoms with Crippen molar-refractivity contribution in [2.75, 3.05) is 12.3 Å². The zero-order valence-corrected chi connectivity index (χ0v) is 13.2. The van der Waals surface area contributed by atoms with Gasteiger partial charge in [0.05, 0.1) is 10.7 Å². The Hall–Kier alpha value is -1.15. The third-order valence-electron chi connectivity index (χ3n) is 3.44. The highest BCUT2D eigenvalue weighted by atomic mass is 35.5. The summed E-state index contributed by atoms with van der Waals surface area (Å²) < 4.78 is 40.0. The Balaban J connectivity index is 2.00. The molecule has 2 N–H and O–H groups in total. The largest absolute Gasteiger partial charge is 0.396 e. The molecule has 8 heteroatoms. The van der Waals surface area contributed by atoms with Gasteiger partial charge in [-0.3, -0.25) is 0 Å². The number of hydrogen-bond acceptors (Lipinski definition) is 4. The van der Waals surface area contributed by atoms with E-state index in [1.54, 1.807) is 11.3 Å². The van der Waals surface area contributed by atoms with Gasteiger partial charge in [-0.05, 0) is 35.6 Å². The average molecular weight is 347 g/mol. The smallest absolute Gasteiger partial charge is 0.244 e. The Kier molecular flexibility index (Phi) is 3.69. The van der Waals surface area contributed by atoms with E-state index in [0.29, 0.717) is 19.5 Å². The SMILES string of the molecule is Nc1cc(S(=O)(=O)N2CCc3sccc3C2)c(Cl)cc1F. The maximum absolute atomic E-state index is 13.3. The van der Waals surface area contributed by atoms with E-state index < -0.39 is 15.8 Å². The molecule has 2 heterocycles. The topological polar surface area (TPSA) is 63.4 Å². The Labute approximate surface area is 131 Å². The Bertz CT molecular complexity index is 804. The molecule has 4 nitrogen and oxygen atoms in total. The molecule has 1 aliphatic heterocycles. The van der Waals surface area contributed by atoms with Gasteiger partial charge in [-0.2, -0.15) is 4.31 Å². The van der Waals surface area contributed by atoms with Crippen LogP contribution in [0.3, 0.4) is 0 Å². The van der Waals surface area contributed by atoms with Crippen LogP contribution in [-0.2, 0) is 23.0 Å². The molecule has 3 rings (SSSR count). The fraction of sp³-hybridized carbons (Fsp3) is 0.231. The summed E-state index contributed by atoms with van der Waals surface area (Å²) in [4.78, 5) is 1.05. The van der Waals surface area contributed by atoms with Crippen LogP contribution in [0.4, 0.5) is 10.1 Å². The molecule has 0 atom stereocenters. The van der Waals surface area contributed by atoms with Crippen LogP contribution >= 0.6 is 22.9 Å². The number of rotatable bonds is 2. The lowest BCUT2D eigenvalue weighted by Crippen LogP contribution is -2.35. The van der Waals surface area contributed by atoms with Gasteiger partial charge in [0.1, 0.15) is 10.7 Å². The highest BCUT2D eigenvalue weighted by Crippen LogP contribution is 2.32. The molecule has 21 heavy (non-hydrogen) atoms. The molecule has 0 saturated carbocycles. The van der Waals surface area contributed by atoms with Crippen LogP contribution in [0, 0.1) is 5.82 Å². The van der Waals surface area contributed by atoms with Crippen LogP contribution in [0.2, 0.25) is 5.02 Å². The highest BCUT2D eigenvalue weighted by molar-refractivity contribution is 7.89. The summed E-state index contributed by atoms with van der Waals surface area (Å²) in [7, 11) is -3.79. The Morgan fingerprint density at radius 2 is 2.14 bits per heavy atom. The molecule has 0 spiro atoms. The zero-order chi connectivity index (χ0) is 15.2. The summed E-state index contributed by atoms with van der Waals surface area (Å²) in [6.45, 7) is 0.679. The van der Waals surface area contributed by atoms with Gasteiger partial charge >= 0.3 is 0 Å². The minimum atomic E-state index is -3.79. The van der Waals surface area contributed by atoms with Gasteiger partial charge in [-0.25, -0.2) is 12.8 Å². The van der Waals surface area contributed by atoms with Crippen LogP contribution in [0.25, 0.3) is 0 Å². The van der Waals surface area contributed by atoms with Crippen molar-refractivity contribution in [1.29, 1.82) is 0 Å². The molecule has 0 radical (unpaired) electrons. The van der Waals surface area contributed by atoms with Gasteiger partial charge in [0, 0.05) is 18.0 Å². The Morgan fingerprint density at radius 1 is 1.38 bits per heavy atom. The van der Waals surface area contributed by atoms with Crippen molar-refractivity contribution in [3.63, 3.8) is 0 Å². The van der Waals surface area contributed by atoms with Gasteiger partial charge in [0.25, 0.3) is 0 Å². The van der Waals surface area contributed by atoms with Crippen molar-refractivity contribution < 1.29 is 12.8 Å². The third-order valence-corrected chi connectivity index (χ3v) is 6.77. The summed E-state index contributed by atoms with van der Waals surface area (Å²) >= 11 is 7.51. The first-order valence-electron chi connectivity index (χ1n) is 6.19. The molecule has 0 bridgehead atoms. The van der Waals surface area contributed by atoms with Crippen LogP contribution in [0.1, 0.15) is 10.4 Å². The van der Waals surface area contributed by atoms with Crippen molar-refractivity contribution in [3.8, 4) is 0 Å². The molecule has 1 aromatic heterocycles. The maximum Gasteiger partial charge on any atom is 0.244 e. The summed E-state index contributed by atoms with van der Waals surface area (Å²) in [5.74, 6) is -0.724. The minimum absolute atomic E-state index is 0.151. The molecular weight excluding hydrogens is 335 g/mol. The minimum Gasteiger partial charge on any atom is -0.396 e. The van der Waals surface area contributed by atoms with Crippen LogP contribution < -0.4 is 5.73 Å². The number of thiophene rings is 1. The van der Waals surface area contributed by atoms with E-state index in [9.17, 15) is 12.8 Å². The molecule has 1 aliphatic rings. The van der Waals surface area contributed by atoms with Crippen molar-refractivity contribution in [2.24, 2.45) is 0 Å². The lowest BCUT2D eigenvalue weighted by Gasteiger charge is -2.26. The standard InChI is InChI=1S/C13H12ClFN2O2S2/c14-9-5-10(15)11(16)6-13(9)21(18,19)17-3-1-12-8(7-17)2-4-20-12/h2,4-6H,1,3,7,16H2. The Morgan fingerprint density at radius 3 is 2.90 bits per heavy atom. The molecular formula is C13H12ClFN2O2S2. The number of fused-ring (bicyclic) bond motifs is 1. The summed E-state index contributed by atoms with van der Waals surface area (Å²) in [5, 5.41) is 1.79. The zero-order valence-electron chi connectivity index (χ0n) is 10.8. The normalized spacial score (nSPS) is 15.9. The maximum atomic E-state index is 13.3. The number of nitrogens with zero attached hydrogens (tertiary/aromatic N) is 1. The third kappa shape index (κ3) is 2.55. The molecule has 0 amide bonds. The quantitative estimate of drug-likeness (QED) is 0.850. The van der Waals surface area contributed by atoms with Gasteiger partial charge in [-0.1, -0.05) is 11.6 Å². The fourth-order valence-electron chi connectivity index (χ4n) is 2.31. The second-order valence-corrected chi connectivity index (χ2v) is 8.08. The summed E-state index contributed by atoms with van der Waals surface area (Å²) in [6, 6.07) is 3.93. The fourth-order valence-corrected chi connectivity index (χ4v) is 5.14. The first-order chi connectivity index (χ1) is 9.89. The van der Waals surface area contributed by atoms with E-state index in [2.05, 4.69) is 0 Å². The number of nitrogen functional groups attached to an aromatic ring is 1. The number of sulfonamides is 1. The number of nitrogens with two attached hydrogens (primary N) is 1. The van der Waals surface area contributed by atoms with Gasteiger partial charge < -0.3 is 5.73 Å². The van der Waals surface area contributed by atoms with Gasteiger partial charge in [0.2, 0.25) is 10.0 Å². The average Bonchev–Trinajstić information content (AvgIpc) is 2.90. The van der Waals surface area contributed by atoms with Crippen molar-refractivity contribution in [1.82, 2.24) is 4.31 Å². The molecule has 0 saturated heterocycles. The van der Waals surface area contributed by atoms with Crippen molar-refractivity contribution in [3.05, 3.63) is 44.9 Å². The van der Waals surface area contributed by atoms with Gasteiger partial charge in [0.15, 0.2) is 0 Å². The molecule has 2 aromatic rings. The molecule has 0 fully saturated rings. The number of hydrogen-bond donors (Lipinski definition) is 1. The highest BCUT2D eigenvalue weighted by Gasteiger charge is 2.31. The van der Waals surface area contributed by atoms with E-state index >= 15 is 0 Å². The monoisotopic (exact) mass is 346 g/mol. The molecule has 1 aromatic carbocycles. The lowest BCUT2D eigenvalue weighted by molar-refractivity contribution is 0.394. The second kappa shape index (κ2) is 5.24. The van der Waals surface area contributed by atoms with E-state index in [-0.39, 0.29) is 15.6 Å². The van der Waals surface area contributed by atoms with E-state index in [1.165, 1.54) is 9.18 Å². The predicted octanol–water partition coefficient (Wildman–Crippen LogP) is 2.87. The van der Waals surface area contributed by atoms with E-state index in [1.807, 2.05) is 11.4 Å². The van der Waals surface area contributed by atoms with Crippen molar-refractivity contribution >= 4 is 38.6 Å². The van der Waals surface area contributed by atoms with Gasteiger partial charge in [-0.15, -0.1) is 11.3 Å². The lowest BCUT2D eigenvalue weighted by atomic mass is 10.1. The summed E-state index contributed by atoms with van der Waals surface area (Å²) in [5.41, 5.74) is 6.23. The van der Waals surface area contributed by atoms with E-state index in [4.69, 9.17) is 17.3 Å². The van der Waals surface area contributed by atoms with Crippen LogP contribution in [-0.4, -0.2) is 19.3 Å². The number of halogens is 2. The first kappa shape index (κ1) is 14.8. The van der Waals surface area contributed by atoms with E-state index in [0.717, 1.165) is 17.7 Å². The van der Waals surface area contributed by atoms with Crippen LogP contribution in [0.5, 0.6) is 0 Å². The molecule has 112 valence electrons. The molecule has 0 aliphatic carbocycles. The summed E-state index contributed by atoms with van der Waals surface area (Å²) in [6.07, 6.45) is 0.667. The van der Waals surface area contributed by atoms with Crippen molar-refractivity contribution in [2.45, 2.75) is 17.9 Å². The first-order valence-corrected chi connectivity index (χ1v) is 8.89.